The Morgan fingerprint density at radius 1 is 1.31 bits per heavy atom. The molecule has 0 aromatic carbocycles. The van der Waals surface area contributed by atoms with Crippen LogP contribution >= 0.6 is 0 Å². The van der Waals surface area contributed by atoms with E-state index in [1.165, 1.54) is 0 Å². The normalized spacial score (nSPS) is 12.9. The van der Waals surface area contributed by atoms with Crippen LogP contribution in [0.2, 0.25) is 0 Å². The molecule has 0 fully saturated rings. The van der Waals surface area contributed by atoms with Gasteiger partial charge in [-0.15, -0.1) is 12.3 Å². The molecule has 0 aromatic heterocycles. The molecule has 3 N–H and O–H groups in total. The van der Waals surface area contributed by atoms with E-state index in [-0.39, 0.29) is 5.91 Å². The summed E-state index contributed by atoms with van der Waals surface area (Å²) in [5.74, 6) is 3.81. The van der Waals surface area contributed by atoms with Gasteiger partial charge in [0.15, 0.2) is 0 Å². The van der Waals surface area contributed by atoms with Gasteiger partial charge in [0, 0.05) is 13.0 Å². The first-order chi connectivity index (χ1) is 7.40. The predicted octanol–water partition coefficient (Wildman–Crippen LogP) is 1.38. The van der Waals surface area contributed by atoms with Gasteiger partial charge < -0.3 is 11.1 Å². The molecular weight excluding hydrogens is 200 g/mol. The molecule has 1 atom stereocenters. The minimum absolute atomic E-state index is 0.149. The van der Waals surface area contributed by atoms with Gasteiger partial charge >= 0.3 is 0 Å². The van der Waals surface area contributed by atoms with Crippen molar-refractivity contribution < 1.29 is 4.79 Å². The van der Waals surface area contributed by atoms with Crippen LogP contribution < -0.4 is 11.1 Å². The molecule has 16 heavy (non-hydrogen) atoms. The van der Waals surface area contributed by atoms with E-state index in [0.717, 1.165) is 0 Å². The second-order valence-electron chi connectivity index (χ2n) is 4.91. The lowest BCUT2D eigenvalue weighted by Crippen LogP contribution is -2.43. The molecule has 3 heteroatoms. The van der Waals surface area contributed by atoms with Gasteiger partial charge in [-0.2, -0.15) is 0 Å². The monoisotopic (exact) mass is 224 g/mol. The number of hydrogen-bond acceptors (Lipinski definition) is 2. The summed E-state index contributed by atoms with van der Waals surface area (Å²) in [7, 11) is 0. The van der Waals surface area contributed by atoms with Crippen molar-refractivity contribution in [3.8, 4) is 12.3 Å². The number of nitrogens with one attached hydrogen (secondary N) is 1. The Bertz CT molecular complexity index is 245. The number of hydrogen-bond donors (Lipinski definition) is 2. The number of carbonyl (C=O) groups excluding carboxylic acids is 1. The van der Waals surface area contributed by atoms with Crippen molar-refractivity contribution in [3.05, 3.63) is 0 Å². The summed E-state index contributed by atoms with van der Waals surface area (Å²) in [4.78, 5) is 11.6. The summed E-state index contributed by atoms with van der Waals surface area (Å²) in [6.45, 7) is 9.33. The minimum Gasteiger partial charge on any atom is -0.354 e. The lowest BCUT2D eigenvalue weighted by molar-refractivity contribution is -0.122. The summed E-state index contributed by atoms with van der Waals surface area (Å²) in [6, 6.07) is -0.579. The van der Waals surface area contributed by atoms with E-state index in [0.29, 0.717) is 30.7 Å². The molecule has 0 heterocycles. The second-order valence-corrected chi connectivity index (χ2v) is 4.91. The Morgan fingerprint density at radius 3 is 2.19 bits per heavy atom. The van der Waals surface area contributed by atoms with Crippen LogP contribution in [0.5, 0.6) is 0 Å². The minimum atomic E-state index is -0.579. The van der Waals surface area contributed by atoms with Crippen LogP contribution in [0.15, 0.2) is 0 Å². The first-order valence-corrected chi connectivity index (χ1v) is 5.86. The first-order valence-electron chi connectivity index (χ1n) is 5.86. The van der Waals surface area contributed by atoms with Crippen molar-refractivity contribution in [2.75, 3.05) is 6.54 Å². The van der Waals surface area contributed by atoms with E-state index in [1.807, 2.05) is 0 Å². The summed E-state index contributed by atoms with van der Waals surface area (Å²) in [5.41, 5.74) is 5.61. The van der Waals surface area contributed by atoms with Crippen LogP contribution in [0, 0.1) is 30.1 Å². The zero-order valence-corrected chi connectivity index (χ0v) is 10.8. The quantitative estimate of drug-likeness (QED) is 0.670. The van der Waals surface area contributed by atoms with Gasteiger partial charge in [0.2, 0.25) is 5.91 Å². The van der Waals surface area contributed by atoms with E-state index < -0.39 is 6.04 Å². The predicted molar refractivity (Wildman–Crippen MR) is 67.6 cm³/mol. The highest BCUT2D eigenvalue weighted by molar-refractivity contribution is 5.81. The molecular formula is C13H24N2O. The average molecular weight is 224 g/mol. The van der Waals surface area contributed by atoms with Crippen LogP contribution in [0.4, 0.5) is 0 Å². The maximum Gasteiger partial charge on any atom is 0.237 e. The Morgan fingerprint density at radius 2 is 1.81 bits per heavy atom. The summed E-state index contributed by atoms with van der Waals surface area (Å²) < 4.78 is 0. The highest BCUT2D eigenvalue weighted by Gasteiger charge is 2.19. The lowest BCUT2D eigenvalue weighted by Gasteiger charge is -2.25. The van der Waals surface area contributed by atoms with E-state index in [2.05, 4.69) is 38.9 Å². The summed E-state index contributed by atoms with van der Waals surface area (Å²) >= 11 is 0. The topological polar surface area (TPSA) is 55.1 Å². The third-order valence-electron chi connectivity index (χ3n) is 2.90. The van der Waals surface area contributed by atoms with Crippen molar-refractivity contribution >= 4 is 5.91 Å². The molecule has 0 aliphatic rings. The Kier molecular flexibility index (Phi) is 6.83. The molecule has 1 amide bonds. The van der Waals surface area contributed by atoms with Gasteiger partial charge in [-0.1, -0.05) is 27.7 Å². The molecule has 0 rings (SSSR count). The number of amides is 1. The van der Waals surface area contributed by atoms with Gasteiger partial charge in [0.1, 0.15) is 0 Å². The average Bonchev–Trinajstić information content (AvgIpc) is 2.16. The molecule has 92 valence electrons. The fourth-order valence-corrected chi connectivity index (χ4v) is 1.81. The third kappa shape index (κ3) is 5.18. The van der Waals surface area contributed by atoms with E-state index >= 15 is 0 Å². The highest BCUT2D eigenvalue weighted by Crippen LogP contribution is 2.19. The zero-order valence-electron chi connectivity index (χ0n) is 10.8. The van der Waals surface area contributed by atoms with Crippen LogP contribution in [-0.4, -0.2) is 18.5 Å². The lowest BCUT2D eigenvalue weighted by atomic mass is 9.85. The van der Waals surface area contributed by atoms with Crippen molar-refractivity contribution in [2.24, 2.45) is 23.5 Å². The molecule has 0 bridgehead atoms. The van der Waals surface area contributed by atoms with Crippen LogP contribution in [0.25, 0.3) is 0 Å². The molecule has 0 aliphatic heterocycles. The first kappa shape index (κ1) is 15.0. The van der Waals surface area contributed by atoms with Crippen molar-refractivity contribution in [3.63, 3.8) is 0 Å². The van der Waals surface area contributed by atoms with Crippen LogP contribution in [0.3, 0.4) is 0 Å². The van der Waals surface area contributed by atoms with Gasteiger partial charge in [-0.3, -0.25) is 4.79 Å². The molecule has 0 aromatic rings. The summed E-state index contributed by atoms with van der Waals surface area (Å²) in [5, 5.41) is 2.87. The van der Waals surface area contributed by atoms with Gasteiger partial charge in [0.25, 0.3) is 0 Å². The second kappa shape index (κ2) is 7.29. The smallest absolute Gasteiger partial charge is 0.237 e. The number of terminal acetylenes is 1. The van der Waals surface area contributed by atoms with E-state index in [1.54, 1.807) is 0 Å². The fraction of sp³-hybridized carbons (Fsp3) is 0.769. The van der Waals surface area contributed by atoms with Crippen molar-refractivity contribution in [1.29, 1.82) is 0 Å². The highest BCUT2D eigenvalue weighted by atomic mass is 16.2. The zero-order chi connectivity index (χ0) is 12.7. The Labute approximate surface area is 99.2 Å². The number of rotatable bonds is 6. The molecule has 1 unspecified atom stereocenters. The standard InChI is InChI=1S/C13H24N2O/c1-6-7-12(14)13(16)15-8-11(9(2)3)10(4)5/h1,9-12H,7-8,14H2,2-5H3,(H,15,16). The van der Waals surface area contributed by atoms with Gasteiger partial charge in [-0.05, 0) is 17.8 Å². The molecule has 0 radical (unpaired) electrons. The third-order valence-corrected chi connectivity index (χ3v) is 2.90. The van der Waals surface area contributed by atoms with E-state index in [4.69, 9.17) is 12.2 Å². The molecule has 0 aliphatic carbocycles. The van der Waals surface area contributed by atoms with Crippen molar-refractivity contribution in [1.82, 2.24) is 5.32 Å². The molecule has 0 spiro atoms. The maximum absolute atomic E-state index is 11.6. The molecule has 3 nitrogen and oxygen atoms in total. The van der Waals surface area contributed by atoms with Gasteiger partial charge in [0.05, 0.1) is 6.04 Å². The van der Waals surface area contributed by atoms with Crippen LogP contribution in [-0.2, 0) is 4.79 Å². The molecule has 0 saturated carbocycles. The Hall–Kier alpha value is -1.01. The number of nitrogens with two attached hydrogens (primary N) is 1. The molecule has 0 saturated heterocycles. The Balaban J connectivity index is 4.12. The summed E-state index contributed by atoms with van der Waals surface area (Å²) in [6.07, 6.45) is 5.40. The van der Waals surface area contributed by atoms with Crippen molar-refractivity contribution in [2.45, 2.75) is 40.2 Å². The largest absolute Gasteiger partial charge is 0.354 e. The SMILES string of the molecule is C#CCC(N)C(=O)NCC(C(C)C)C(C)C. The van der Waals surface area contributed by atoms with Gasteiger partial charge in [-0.25, -0.2) is 0 Å². The number of carbonyl (C=O) groups is 1. The fourth-order valence-electron chi connectivity index (χ4n) is 1.81. The maximum atomic E-state index is 11.6. The van der Waals surface area contributed by atoms with E-state index in [9.17, 15) is 4.79 Å². The van der Waals surface area contributed by atoms with Crippen LogP contribution in [0.1, 0.15) is 34.1 Å².